The van der Waals surface area contributed by atoms with E-state index < -0.39 is 0 Å². The number of hydrogen-bond donors (Lipinski definition) is 1. The van der Waals surface area contributed by atoms with Gasteiger partial charge in [0.15, 0.2) is 0 Å². The lowest BCUT2D eigenvalue weighted by Gasteiger charge is -2.23. The molecule has 0 aliphatic carbocycles. The minimum Gasteiger partial charge on any atom is -0.355 e. The molecule has 0 radical (unpaired) electrons. The number of amides is 1. The Morgan fingerprint density at radius 3 is 2.36 bits per heavy atom. The first-order chi connectivity index (χ1) is 6.49. The highest BCUT2D eigenvalue weighted by Crippen LogP contribution is 1.98. The molecule has 1 atom stereocenters. The Morgan fingerprint density at radius 2 is 1.93 bits per heavy atom. The SMILES string of the molecule is CCC(C)N(C)CCNC(=O)C(C)C. The molecule has 1 N–H and O–H groups in total. The van der Waals surface area contributed by atoms with E-state index in [9.17, 15) is 4.79 Å². The lowest BCUT2D eigenvalue weighted by molar-refractivity contribution is -0.124. The summed E-state index contributed by atoms with van der Waals surface area (Å²) in [4.78, 5) is 13.5. The highest BCUT2D eigenvalue weighted by molar-refractivity contribution is 5.77. The summed E-state index contributed by atoms with van der Waals surface area (Å²) >= 11 is 0. The molecule has 0 saturated carbocycles. The van der Waals surface area contributed by atoms with E-state index in [2.05, 4.69) is 31.1 Å². The Kier molecular flexibility index (Phi) is 6.54. The molecule has 0 saturated heterocycles. The maximum Gasteiger partial charge on any atom is 0.222 e. The highest BCUT2D eigenvalue weighted by Gasteiger charge is 2.08. The van der Waals surface area contributed by atoms with Gasteiger partial charge >= 0.3 is 0 Å². The standard InChI is InChI=1S/C11H24N2O/c1-6-10(4)13(5)8-7-12-11(14)9(2)3/h9-10H,6-8H2,1-5H3,(H,12,14). The average Bonchev–Trinajstić information content (AvgIpc) is 2.15. The van der Waals surface area contributed by atoms with Crippen LogP contribution in [0.3, 0.4) is 0 Å². The summed E-state index contributed by atoms with van der Waals surface area (Å²) in [6.45, 7) is 9.87. The van der Waals surface area contributed by atoms with E-state index in [1.807, 2.05) is 13.8 Å². The van der Waals surface area contributed by atoms with E-state index >= 15 is 0 Å². The van der Waals surface area contributed by atoms with Crippen molar-refractivity contribution in [2.45, 2.75) is 40.2 Å². The fourth-order valence-corrected chi connectivity index (χ4v) is 1.09. The number of nitrogens with zero attached hydrogens (tertiary/aromatic N) is 1. The third kappa shape index (κ3) is 5.22. The van der Waals surface area contributed by atoms with Gasteiger partial charge in [0.2, 0.25) is 5.91 Å². The van der Waals surface area contributed by atoms with E-state index in [-0.39, 0.29) is 11.8 Å². The third-order valence-corrected chi connectivity index (χ3v) is 2.63. The Bertz CT molecular complexity index is 169. The van der Waals surface area contributed by atoms with Gasteiger partial charge in [0.25, 0.3) is 0 Å². The molecule has 0 aliphatic heterocycles. The Labute approximate surface area is 87.9 Å². The second-order valence-corrected chi connectivity index (χ2v) is 4.18. The van der Waals surface area contributed by atoms with Crippen molar-refractivity contribution in [3.8, 4) is 0 Å². The van der Waals surface area contributed by atoms with Gasteiger partial charge in [-0.05, 0) is 20.4 Å². The summed E-state index contributed by atoms with van der Waals surface area (Å²) in [6, 6.07) is 0.589. The van der Waals surface area contributed by atoms with Crippen LogP contribution in [0.2, 0.25) is 0 Å². The van der Waals surface area contributed by atoms with Crippen molar-refractivity contribution in [3.63, 3.8) is 0 Å². The van der Waals surface area contributed by atoms with Crippen molar-refractivity contribution in [3.05, 3.63) is 0 Å². The summed E-state index contributed by atoms with van der Waals surface area (Å²) in [6.07, 6.45) is 1.15. The van der Waals surface area contributed by atoms with Crippen LogP contribution in [-0.4, -0.2) is 37.0 Å². The molecule has 0 aromatic rings. The molecule has 0 rings (SSSR count). The van der Waals surface area contributed by atoms with Crippen molar-refractivity contribution in [1.29, 1.82) is 0 Å². The summed E-state index contributed by atoms with van der Waals surface area (Å²) in [7, 11) is 2.09. The van der Waals surface area contributed by atoms with Gasteiger partial charge in [-0.3, -0.25) is 4.79 Å². The fraction of sp³-hybridized carbons (Fsp3) is 0.909. The molecule has 1 amide bonds. The van der Waals surface area contributed by atoms with Crippen LogP contribution in [0.5, 0.6) is 0 Å². The maximum absolute atomic E-state index is 11.2. The van der Waals surface area contributed by atoms with Crippen LogP contribution < -0.4 is 5.32 Å². The van der Waals surface area contributed by atoms with Crippen LogP contribution in [0.4, 0.5) is 0 Å². The van der Waals surface area contributed by atoms with Gasteiger partial charge in [-0.15, -0.1) is 0 Å². The molecule has 1 unspecified atom stereocenters. The first kappa shape index (κ1) is 13.4. The minimum absolute atomic E-state index is 0.0869. The van der Waals surface area contributed by atoms with Crippen LogP contribution in [0.25, 0.3) is 0 Å². The second kappa shape index (κ2) is 6.82. The molecule has 3 nitrogen and oxygen atoms in total. The smallest absolute Gasteiger partial charge is 0.222 e. The number of hydrogen-bond acceptors (Lipinski definition) is 2. The Balaban J connectivity index is 3.59. The van der Waals surface area contributed by atoms with Crippen LogP contribution in [-0.2, 0) is 4.79 Å². The predicted molar refractivity (Wildman–Crippen MR) is 60.2 cm³/mol. The summed E-state index contributed by atoms with van der Waals surface area (Å²) in [5.41, 5.74) is 0. The molecule has 0 aromatic heterocycles. The number of nitrogens with one attached hydrogen (secondary N) is 1. The Hall–Kier alpha value is -0.570. The number of rotatable bonds is 6. The highest BCUT2D eigenvalue weighted by atomic mass is 16.1. The van der Waals surface area contributed by atoms with Crippen LogP contribution in [0.15, 0.2) is 0 Å². The van der Waals surface area contributed by atoms with E-state index in [4.69, 9.17) is 0 Å². The largest absolute Gasteiger partial charge is 0.355 e. The lowest BCUT2D eigenvalue weighted by atomic mass is 10.2. The summed E-state index contributed by atoms with van der Waals surface area (Å²) in [5, 5.41) is 2.91. The molecule has 0 bridgehead atoms. The monoisotopic (exact) mass is 200 g/mol. The van der Waals surface area contributed by atoms with E-state index in [1.165, 1.54) is 0 Å². The summed E-state index contributed by atoms with van der Waals surface area (Å²) < 4.78 is 0. The predicted octanol–water partition coefficient (Wildman–Crippen LogP) is 1.49. The maximum atomic E-state index is 11.2. The molecular weight excluding hydrogens is 176 g/mol. The zero-order chi connectivity index (χ0) is 11.1. The van der Waals surface area contributed by atoms with Crippen molar-refractivity contribution in [2.24, 2.45) is 5.92 Å². The van der Waals surface area contributed by atoms with Gasteiger partial charge in [0.05, 0.1) is 0 Å². The van der Waals surface area contributed by atoms with Crippen molar-refractivity contribution in [2.75, 3.05) is 20.1 Å². The zero-order valence-electron chi connectivity index (χ0n) is 10.1. The number of likely N-dealkylation sites (N-methyl/N-ethyl adjacent to an activating group) is 1. The topological polar surface area (TPSA) is 32.3 Å². The van der Waals surface area contributed by atoms with Gasteiger partial charge < -0.3 is 10.2 Å². The normalized spacial score (nSPS) is 13.4. The van der Waals surface area contributed by atoms with Gasteiger partial charge in [-0.1, -0.05) is 20.8 Å². The van der Waals surface area contributed by atoms with Crippen molar-refractivity contribution < 1.29 is 4.79 Å². The molecule has 0 aliphatic rings. The van der Waals surface area contributed by atoms with Crippen LogP contribution in [0.1, 0.15) is 34.1 Å². The van der Waals surface area contributed by atoms with E-state index in [0.717, 1.165) is 19.5 Å². The molecule has 0 fully saturated rings. The second-order valence-electron chi connectivity index (χ2n) is 4.18. The first-order valence-corrected chi connectivity index (χ1v) is 5.47. The lowest BCUT2D eigenvalue weighted by Crippen LogP contribution is -2.38. The average molecular weight is 200 g/mol. The first-order valence-electron chi connectivity index (χ1n) is 5.47. The van der Waals surface area contributed by atoms with E-state index in [1.54, 1.807) is 0 Å². The van der Waals surface area contributed by atoms with Crippen molar-refractivity contribution in [1.82, 2.24) is 10.2 Å². The molecule has 3 heteroatoms. The van der Waals surface area contributed by atoms with Crippen LogP contribution >= 0.6 is 0 Å². The Morgan fingerprint density at radius 1 is 1.36 bits per heavy atom. The molecule has 0 spiro atoms. The zero-order valence-corrected chi connectivity index (χ0v) is 10.1. The van der Waals surface area contributed by atoms with Gasteiger partial charge in [0.1, 0.15) is 0 Å². The minimum atomic E-state index is 0.0869. The fourth-order valence-electron chi connectivity index (χ4n) is 1.09. The molecular formula is C11H24N2O. The third-order valence-electron chi connectivity index (χ3n) is 2.63. The van der Waals surface area contributed by atoms with E-state index in [0.29, 0.717) is 6.04 Å². The van der Waals surface area contributed by atoms with Gasteiger partial charge in [0, 0.05) is 25.0 Å². The van der Waals surface area contributed by atoms with Crippen LogP contribution in [0, 0.1) is 5.92 Å². The van der Waals surface area contributed by atoms with Gasteiger partial charge in [-0.2, -0.15) is 0 Å². The quantitative estimate of drug-likeness (QED) is 0.704. The number of carbonyl (C=O) groups is 1. The van der Waals surface area contributed by atoms with Crippen molar-refractivity contribution >= 4 is 5.91 Å². The molecule has 0 heterocycles. The summed E-state index contributed by atoms with van der Waals surface area (Å²) in [5.74, 6) is 0.228. The molecule has 14 heavy (non-hydrogen) atoms. The molecule has 84 valence electrons. The number of carbonyl (C=O) groups excluding carboxylic acids is 1. The van der Waals surface area contributed by atoms with Gasteiger partial charge in [-0.25, -0.2) is 0 Å². The molecule has 0 aromatic carbocycles.